The van der Waals surface area contributed by atoms with Gasteiger partial charge in [-0.3, -0.25) is 4.79 Å². The smallest absolute Gasteiger partial charge is 0.408 e. The van der Waals surface area contributed by atoms with Gasteiger partial charge in [0.2, 0.25) is 5.91 Å². The molecule has 1 saturated heterocycles. The van der Waals surface area contributed by atoms with Crippen molar-refractivity contribution in [2.45, 2.75) is 77.2 Å². The first-order valence-corrected chi connectivity index (χ1v) is 16.0. The monoisotopic (exact) mass is 652 g/mol. The highest BCUT2D eigenvalue weighted by molar-refractivity contribution is 6.31. The zero-order valence-corrected chi connectivity index (χ0v) is 27.6. The number of hydrogen-bond acceptors (Lipinski definition) is 9. The molecule has 0 radical (unpaired) electrons. The Kier molecular flexibility index (Phi) is 9.96. The number of halogens is 1. The molecule has 2 heterocycles. The van der Waals surface area contributed by atoms with E-state index in [-0.39, 0.29) is 47.9 Å². The number of rotatable bonds is 11. The molecule has 1 saturated carbocycles. The van der Waals surface area contributed by atoms with Crippen LogP contribution in [0.5, 0.6) is 11.6 Å². The van der Waals surface area contributed by atoms with Gasteiger partial charge in [-0.15, -0.1) is 6.58 Å². The number of nitrogens with one attached hydrogen (secondary N) is 1. The van der Waals surface area contributed by atoms with Gasteiger partial charge in [0.15, 0.2) is 5.15 Å². The number of aromatic nitrogens is 2. The number of carbonyl (C=O) groups excluding carboxylic acids is 3. The summed E-state index contributed by atoms with van der Waals surface area (Å²) in [6, 6.07) is 3.24. The van der Waals surface area contributed by atoms with Gasteiger partial charge in [-0.05, 0) is 43.2 Å². The lowest BCUT2D eigenvalue weighted by Gasteiger charge is -2.35. The van der Waals surface area contributed by atoms with Crippen molar-refractivity contribution in [1.29, 1.82) is 0 Å². The van der Waals surface area contributed by atoms with E-state index in [1.807, 2.05) is 26.8 Å². The van der Waals surface area contributed by atoms with E-state index in [9.17, 15) is 14.4 Å². The Morgan fingerprint density at radius 2 is 1.96 bits per heavy atom. The molecule has 0 spiro atoms. The Bertz CT molecular complexity index is 1560. The largest absolute Gasteiger partial charge is 0.497 e. The summed E-state index contributed by atoms with van der Waals surface area (Å²) in [5.74, 6) is 6.65. The molecule has 1 aromatic carbocycles. The van der Waals surface area contributed by atoms with E-state index in [2.05, 4.69) is 33.7 Å². The van der Waals surface area contributed by atoms with Gasteiger partial charge in [0, 0.05) is 30.2 Å². The van der Waals surface area contributed by atoms with Gasteiger partial charge in [-0.25, -0.2) is 19.6 Å². The Morgan fingerprint density at radius 3 is 2.61 bits per heavy atom. The highest BCUT2D eigenvalue weighted by Gasteiger charge is 2.49. The fraction of sp³-hybridized carbons (Fsp3) is 0.559. The molecule has 2 amide bonds. The Hall–Kier alpha value is -4.04. The predicted molar refractivity (Wildman–Crippen MR) is 171 cm³/mol. The molecule has 2 aromatic rings. The second-order valence-electron chi connectivity index (χ2n) is 13.1. The van der Waals surface area contributed by atoms with E-state index in [4.69, 9.17) is 30.5 Å². The number of allylic oxidation sites excluding steroid dienone is 1. The van der Waals surface area contributed by atoms with Gasteiger partial charge < -0.3 is 29.2 Å². The first kappa shape index (κ1) is 33.3. The number of hydrogen-bond donors (Lipinski definition) is 1. The van der Waals surface area contributed by atoms with E-state index in [1.54, 1.807) is 25.3 Å². The average Bonchev–Trinajstić information content (AvgIpc) is 3.52. The number of ether oxygens (including phenoxy) is 4. The quantitative estimate of drug-likeness (QED) is 0.155. The highest BCUT2D eigenvalue weighted by atomic mass is 35.5. The minimum atomic E-state index is -1.00. The predicted octanol–water partition coefficient (Wildman–Crippen LogP) is 4.95. The molecule has 1 aromatic heterocycles. The standard InChI is InChI=1S/C34H41ClN4O7/c1-7-8-9-10-23-22-13-11-19(22)15-27(23)46-33(42)38-28(34(2,3)4)31(40)39-18-21(17-26(39)32(41)44-6)45-30-29(35)36-24-14-12-20(43-5)16-25(24)37-30/h7,12,14,16,19,21-23,26-28H,1,8-10,15,17-18H2,2-6H3,(H,38,42)/t19-,21+,22-,23+,26-,27+,28+/m0/s1. The molecule has 11 nitrogen and oxygen atoms in total. The van der Waals surface area contributed by atoms with Crippen LogP contribution in [0.25, 0.3) is 11.0 Å². The van der Waals surface area contributed by atoms with Gasteiger partial charge >= 0.3 is 12.1 Å². The number of esters is 1. The van der Waals surface area contributed by atoms with Crippen molar-refractivity contribution in [3.8, 4) is 23.5 Å². The first-order valence-electron chi connectivity index (χ1n) is 15.6. The molecule has 2 fully saturated rings. The molecule has 3 aliphatic rings. The maximum Gasteiger partial charge on any atom is 0.408 e. The summed E-state index contributed by atoms with van der Waals surface area (Å²) in [7, 11) is 2.81. The third-order valence-electron chi connectivity index (χ3n) is 8.97. The van der Waals surface area contributed by atoms with E-state index in [1.165, 1.54) is 12.0 Å². The zero-order chi connectivity index (χ0) is 33.2. The fourth-order valence-electron chi connectivity index (χ4n) is 6.51. The summed E-state index contributed by atoms with van der Waals surface area (Å²) in [6.45, 7) is 9.36. The van der Waals surface area contributed by atoms with E-state index in [0.717, 1.165) is 19.3 Å². The van der Waals surface area contributed by atoms with Crippen LogP contribution in [0, 0.1) is 35.0 Å². The van der Waals surface area contributed by atoms with Crippen LogP contribution in [0.15, 0.2) is 30.9 Å². The number of benzene rings is 1. The summed E-state index contributed by atoms with van der Waals surface area (Å²) in [4.78, 5) is 50.7. The van der Waals surface area contributed by atoms with Crippen LogP contribution in [0.1, 0.15) is 52.9 Å². The van der Waals surface area contributed by atoms with Gasteiger partial charge in [-0.2, -0.15) is 0 Å². The zero-order valence-electron chi connectivity index (χ0n) is 26.9. The third kappa shape index (κ3) is 7.02. The molecule has 7 atom stereocenters. The number of alkyl carbamates (subject to hydrolysis) is 1. The number of carbonyl (C=O) groups is 3. The number of likely N-dealkylation sites (tertiary alicyclic amines) is 1. The Labute approximate surface area is 274 Å². The molecule has 46 heavy (non-hydrogen) atoms. The van der Waals surface area contributed by atoms with Gasteiger partial charge in [0.05, 0.1) is 31.8 Å². The maximum atomic E-state index is 14.2. The number of amides is 2. The summed E-state index contributed by atoms with van der Waals surface area (Å²) in [5, 5.41) is 2.87. The van der Waals surface area contributed by atoms with Crippen molar-refractivity contribution >= 4 is 40.6 Å². The second-order valence-corrected chi connectivity index (χ2v) is 13.5. The number of fused-ring (bicyclic) bond motifs is 2. The molecule has 12 heteroatoms. The molecule has 1 aliphatic heterocycles. The number of unbranched alkanes of at least 4 members (excludes halogenated alkanes) is 1. The lowest BCUT2D eigenvalue weighted by Crippen LogP contribution is -2.57. The van der Waals surface area contributed by atoms with E-state index in [0.29, 0.717) is 23.2 Å². The molecule has 246 valence electrons. The highest BCUT2D eigenvalue weighted by Crippen LogP contribution is 2.45. The third-order valence-corrected chi connectivity index (χ3v) is 9.22. The topological polar surface area (TPSA) is 129 Å². The molecule has 0 unspecified atom stereocenters. The minimum absolute atomic E-state index is 0.0325. The van der Waals surface area contributed by atoms with Crippen molar-refractivity contribution in [2.75, 3.05) is 20.8 Å². The van der Waals surface area contributed by atoms with Gasteiger partial charge in [0.25, 0.3) is 5.88 Å². The van der Waals surface area contributed by atoms with Crippen LogP contribution in [-0.2, 0) is 19.1 Å². The van der Waals surface area contributed by atoms with Gasteiger partial charge in [-0.1, -0.05) is 50.3 Å². The van der Waals surface area contributed by atoms with Crippen LogP contribution < -0.4 is 14.8 Å². The summed E-state index contributed by atoms with van der Waals surface area (Å²) in [5.41, 5.74) is 0.346. The van der Waals surface area contributed by atoms with Crippen LogP contribution in [0.3, 0.4) is 0 Å². The SMILES string of the molecule is C=CCCC[C@@H]1[C@H]2C#C[C@H]2C[C@H]1OC(=O)N[C@H](C(=O)N1C[C@H](Oc2nc3cc(OC)ccc3nc2Cl)C[C@H]1C(=O)OC)C(C)(C)C. The fourth-order valence-corrected chi connectivity index (χ4v) is 6.69. The molecular formula is C34H41ClN4O7. The van der Waals surface area contributed by atoms with Crippen molar-refractivity contribution in [3.63, 3.8) is 0 Å². The first-order chi connectivity index (χ1) is 21.9. The van der Waals surface area contributed by atoms with Crippen LogP contribution in [0.4, 0.5) is 4.79 Å². The van der Waals surface area contributed by atoms with Crippen LogP contribution >= 0.6 is 11.6 Å². The molecule has 1 N–H and O–H groups in total. The molecule has 5 rings (SSSR count). The van der Waals surface area contributed by atoms with Crippen LogP contribution in [0.2, 0.25) is 5.15 Å². The van der Waals surface area contributed by atoms with E-state index < -0.39 is 41.6 Å². The molecule has 0 bridgehead atoms. The average molecular weight is 653 g/mol. The Balaban J connectivity index is 1.30. The van der Waals surface area contributed by atoms with Crippen LogP contribution in [-0.4, -0.2) is 77.9 Å². The maximum absolute atomic E-state index is 14.2. The summed E-state index contributed by atoms with van der Waals surface area (Å²) < 4.78 is 22.4. The van der Waals surface area contributed by atoms with Crippen molar-refractivity contribution in [2.24, 2.45) is 23.2 Å². The van der Waals surface area contributed by atoms with Crippen molar-refractivity contribution < 1.29 is 33.3 Å². The normalized spacial score (nSPS) is 25.4. The Morgan fingerprint density at radius 1 is 1.17 bits per heavy atom. The minimum Gasteiger partial charge on any atom is -0.497 e. The summed E-state index contributed by atoms with van der Waals surface area (Å²) in [6.07, 6.45) is 3.78. The molecular weight excluding hydrogens is 612 g/mol. The second kappa shape index (κ2) is 13.8. The number of nitrogens with zero attached hydrogens (tertiary/aromatic N) is 3. The van der Waals surface area contributed by atoms with Crippen molar-refractivity contribution in [1.82, 2.24) is 20.2 Å². The lowest BCUT2D eigenvalue weighted by atomic mass is 9.81. The van der Waals surface area contributed by atoms with E-state index >= 15 is 0 Å². The number of methoxy groups -OCH3 is 2. The van der Waals surface area contributed by atoms with Crippen molar-refractivity contribution in [3.05, 3.63) is 36.0 Å². The molecule has 2 aliphatic carbocycles. The van der Waals surface area contributed by atoms with Gasteiger partial charge in [0.1, 0.15) is 30.0 Å². The summed E-state index contributed by atoms with van der Waals surface area (Å²) >= 11 is 6.41. The lowest BCUT2D eigenvalue weighted by molar-refractivity contribution is -0.152.